The molecule has 0 fully saturated rings. The fourth-order valence-electron chi connectivity index (χ4n) is 2.33. The van der Waals surface area contributed by atoms with E-state index in [-0.39, 0.29) is 5.56 Å². The third-order valence-corrected chi connectivity index (χ3v) is 3.48. The van der Waals surface area contributed by atoms with Gasteiger partial charge in [0.1, 0.15) is 5.82 Å². The molecule has 0 unspecified atom stereocenters. The summed E-state index contributed by atoms with van der Waals surface area (Å²) in [7, 11) is 0. The van der Waals surface area contributed by atoms with Crippen molar-refractivity contribution in [1.82, 2.24) is 9.78 Å². The SMILES string of the molecule is Cc1ccc(-n2cc(C)cn2)c(NC(=O)c2ccccc2F)c1. The summed E-state index contributed by atoms with van der Waals surface area (Å²) in [6.45, 7) is 3.87. The second kappa shape index (κ2) is 6.04. The van der Waals surface area contributed by atoms with Crippen LogP contribution < -0.4 is 5.32 Å². The highest BCUT2D eigenvalue weighted by Gasteiger charge is 2.14. The van der Waals surface area contributed by atoms with Crippen LogP contribution in [-0.2, 0) is 0 Å². The van der Waals surface area contributed by atoms with Gasteiger partial charge in [0.2, 0.25) is 0 Å². The number of hydrogen-bond acceptors (Lipinski definition) is 2. The van der Waals surface area contributed by atoms with Crippen LogP contribution in [0.15, 0.2) is 54.9 Å². The van der Waals surface area contributed by atoms with Crippen molar-refractivity contribution in [3.63, 3.8) is 0 Å². The number of nitrogens with one attached hydrogen (secondary N) is 1. The van der Waals surface area contributed by atoms with Crippen LogP contribution in [0.3, 0.4) is 0 Å². The molecule has 3 aromatic rings. The van der Waals surface area contributed by atoms with Crippen molar-refractivity contribution < 1.29 is 9.18 Å². The van der Waals surface area contributed by atoms with Gasteiger partial charge in [0.05, 0.1) is 23.1 Å². The van der Waals surface area contributed by atoms with Gasteiger partial charge < -0.3 is 5.32 Å². The molecular formula is C18H16FN3O. The van der Waals surface area contributed by atoms with E-state index in [1.165, 1.54) is 12.1 Å². The van der Waals surface area contributed by atoms with Gasteiger partial charge in [0, 0.05) is 6.20 Å². The standard InChI is InChI=1S/C18H16FN3O/c1-12-7-8-17(22-11-13(2)10-20-22)16(9-12)21-18(23)14-5-3-4-6-15(14)19/h3-11H,1-2H3,(H,21,23). The van der Waals surface area contributed by atoms with Crippen LogP contribution in [0.4, 0.5) is 10.1 Å². The molecule has 1 amide bonds. The van der Waals surface area contributed by atoms with Gasteiger partial charge in [0.15, 0.2) is 0 Å². The lowest BCUT2D eigenvalue weighted by Crippen LogP contribution is -2.15. The molecule has 0 spiro atoms. The van der Waals surface area contributed by atoms with E-state index in [4.69, 9.17) is 0 Å². The Bertz CT molecular complexity index is 870. The molecule has 4 nitrogen and oxygen atoms in total. The quantitative estimate of drug-likeness (QED) is 0.798. The maximum absolute atomic E-state index is 13.8. The first-order chi connectivity index (χ1) is 11.0. The summed E-state index contributed by atoms with van der Waals surface area (Å²) in [5, 5.41) is 7.04. The lowest BCUT2D eigenvalue weighted by atomic mass is 10.1. The normalized spacial score (nSPS) is 10.6. The highest BCUT2D eigenvalue weighted by molar-refractivity contribution is 6.05. The van der Waals surface area contributed by atoms with Gasteiger partial charge >= 0.3 is 0 Å². The van der Waals surface area contributed by atoms with Gasteiger partial charge in [-0.1, -0.05) is 18.2 Å². The molecule has 116 valence electrons. The number of halogens is 1. The topological polar surface area (TPSA) is 46.9 Å². The number of aromatic nitrogens is 2. The molecule has 0 aliphatic rings. The number of carbonyl (C=O) groups is 1. The molecule has 0 radical (unpaired) electrons. The molecule has 1 aromatic heterocycles. The molecule has 5 heteroatoms. The molecule has 1 N–H and O–H groups in total. The van der Waals surface area contributed by atoms with E-state index in [1.807, 2.05) is 38.2 Å². The van der Waals surface area contributed by atoms with Crippen LogP contribution >= 0.6 is 0 Å². The van der Waals surface area contributed by atoms with Crippen LogP contribution in [0.1, 0.15) is 21.5 Å². The van der Waals surface area contributed by atoms with E-state index in [1.54, 1.807) is 23.0 Å². The van der Waals surface area contributed by atoms with Crippen LogP contribution in [0.5, 0.6) is 0 Å². The van der Waals surface area contributed by atoms with Crippen LogP contribution in [0, 0.1) is 19.7 Å². The monoisotopic (exact) mass is 309 g/mol. The zero-order valence-corrected chi connectivity index (χ0v) is 12.9. The molecule has 0 aliphatic carbocycles. The minimum Gasteiger partial charge on any atom is -0.320 e. The predicted octanol–water partition coefficient (Wildman–Crippen LogP) is 3.88. The minimum atomic E-state index is -0.547. The van der Waals surface area contributed by atoms with Gasteiger partial charge in [-0.15, -0.1) is 0 Å². The summed E-state index contributed by atoms with van der Waals surface area (Å²) in [6, 6.07) is 11.6. The Kier molecular flexibility index (Phi) is 3.93. The maximum atomic E-state index is 13.8. The number of benzene rings is 2. The Morgan fingerprint density at radius 3 is 2.61 bits per heavy atom. The lowest BCUT2D eigenvalue weighted by molar-refractivity contribution is 0.102. The van der Waals surface area contributed by atoms with E-state index in [9.17, 15) is 9.18 Å². The summed E-state index contributed by atoms with van der Waals surface area (Å²) in [5.74, 6) is -1.03. The average molecular weight is 309 g/mol. The average Bonchev–Trinajstić information content (AvgIpc) is 2.94. The third-order valence-electron chi connectivity index (χ3n) is 3.48. The smallest absolute Gasteiger partial charge is 0.258 e. The highest BCUT2D eigenvalue weighted by Crippen LogP contribution is 2.23. The van der Waals surface area contributed by atoms with Crippen LogP contribution in [0.2, 0.25) is 0 Å². The minimum absolute atomic E-state index is 0.0107. The third kappa shape index (κ3) is 3.13. The summed E-state index contributed by atoms with van der Waals surface area (Å²) >= 11 is 0. The molecule has 0 saturated carbocycles. The van der Waals surface area contributed by atoms with Crippen molar-refractivity contribution in [3.8, 4) is 5.69 Å². The Balaban J connectivity index is 1.98. The summed E-state index contributed by atoms with van der Waals surface area (Å²) in [6.07, 6.45) is 3.60. The molecule has 2 aromatic carbocycles. The largest absolute Gasteiger partial charge is 0.320 e. The van der Waals surface area contributed by atoms with E-state index < -0.39 is 11.7 Å². The van der Waals surface area contributed by atoms with Crippen LogP contribution in [-0.4, -0.2) is 15.7 Å². The van der Waals surface area contributed by atoms with Gasteiger partial charge in [-0.3, -0.25) is 4.79 Å². The molecule has 1 heterocycles. The molecule has 23 heavy (non-hydrogen) atoms. The van der Waals surface area contributed by atoms with Crippen molar-refractivity contribution in [2.24, 2.45) is 0 Å². The Labute approximate surface area is 133 Å². The van der Waals surface area contributed by atoms with Crippen molar-refractivity contribution in [1.29, 1.82) is 0 Å². The first kappa shape index (κ1) is 15.0. The van der Waals surface area contributed by atoms with E-state index in [0.717, 1.165) is 16.8 Å². The van der Waals surface area contributed by atoms with Gasteiger partial charge in [-0.05, 0) is 49.2 Å². The first-order valence-corrected chi connectivity index (χ1v) is 7.23. The first-order valence-electron chi connectivity index (χ1n) is 7.23. The van der Waals surface area contributed by atoms with E-state index >= 15 is 0 Å². The Morgan fingerprint density at radius 1 is 1.13 bits per heavy atom. The van der Waals surface area contributed by atoms with Gasteiger partial charge in [-0.2, -0.15) is 5.10 Å². The molecule has 3 rings (SSSR count). The fourth-order valence-corrected chi connectivity index (χ4v) is 2.33. The van der Waals surface area contributed by atoms with E-state index in [2.05, 4.69) is 10.4 Å². The summed E-state index contributed by atoms with van der Waals surface area (Å²) in [4.78, 5) is 12.4. The van der Waals surface area contributed by atoms with Crippen molar-refractivity contribution in [2.45, 2.75) is 13.8 Å². The lowest BCUT2D eigenvalue weighted by Gasteiger charge is -2.12. The van der Waals surface area contributed by atoms with Crippen molar-refractivity contribution in [2.75, 3.05) is 5.32 Å². The van der Waals surface area contributed by atoms with Gasteiger partial charge in [-0.25, -0.2) is 9.07 Å². The Morgan fingerprint density at radius 2 is 1.91 bits per heavy atom. The molecule has 0 saturated heterocycles. The predicted molar refractivity (Wildman–Crippen MR) is 87.4 cm³/mol. The number of anilines is 1. The fraction of sp³-hybridized carbons (Fsp3) is 0.111. The second-order valence-corrected chi connectivity index (χ2v) is 5.42. The molecule has 0 aliphatic heterocycles. The number of carbonyl (C=O) groups excluding carboxylic acids is 1. The number of hydrogen-bond donors (Lipinski definition) is 1. The highest BCUT2D eigenvalue weighted by atomic mass is 19.1. The van der Waals surface area contributed by atoms with Gasteiger partial charge in [0.25, 0.3) is 5.91 Å². The summed E-state index contributed by atoms with van der Waals surface area (Å²) in [5.41, 5.74) is 3.32. The van der Waals surface area contributed by atoms with Crippen molar-refractivity contribution >= 4 is 11.6 Å². The zero-order chi connectivity index (χ0) is 16.4. The van der Waals surface area contributed by atoms with Crippen molar-refractivity contribution in [3.05, 3.63) is 77.4 Å². The second-order valence-electron chi connectivity index (χ2n) is 5.42. The Hall–Kier alpha value is -2.95. The van der Waals surface area contributed by atoms with E-state index in [0.29, 0.717) is 5.69 Å². The number of aryl methyl sites for hydroxylation is 2. The zero-order valence-electron chi connectivity index (χ0n) is 12.9. The van der Waals surface area contributed by atoms with Crippen LogP contribution in [0.25, 0.3) is 5.69 Å². The molecule has 0 bridgehead atoms. The number of nitrogens with zero attached hydrogens (tertiary/aromatic N) is 2. The summed E-state index contributed by atoms with van der Waals surface area (Å²) < 4.78 is 15.5. The molecule has 0 atom stereocenters. The number of amides is 1. The molecular weight excluding hydrogens is 293 g/mol. The maximum Gasteiger partial charge on any atom is 0.258 e. The number of rotatable bonds is 3.